The summed E-state index contributed by atoms with van der Waals surface area (Å²) in [4.78, 5) is 12.5. The van der Waals surface area contributed by atoms with Crippen molar-refractivity contribution in [2.24, 2.45) is 9.98 Å². The molecule has 2 aromatic carbocycles. The van der Waals surface area contributed by atoms with Crippen molar-refractivity contribution in [3.8, 4) is 11.5 Å². The summed E-state index contributed by atoms with van der Waals surface area (Å²) in [6, 6.07) is 13.8. The molecule has 0 spiro atoms. The van der Waals surface area contributed by atoms with Gasteiger partial charge in [-0.3, -0.25) is 9.98 Å². The number of nitrogens with zero attached hydrogens (tertiary/aromatic N) is 4. The zero-order chi connectivity index (χ0) is 29.8. The first-order chi connectivity index (χ1) is 17.4. The predicted molar refractivity (Wildman–Crippen MR) is 134 cm³/mol. The average Bonchev–Trinajstić information content (AvgIpc) is 2.74. The summed E-state index contributed by atoms with van der Waals surface area (Å²) in [6.07, 6.45) is 3.29. The number of halogens is 2. The third kappa shape index (κ3) is 58.5. The minimum absolute atomic E-state index is 0. The van der Waals surface area contributed by atoms with E-state index in [4.69, 9.17) is 37.3 Å². The fourth-order valence-corrected chi connectivity index (χ4v) is 2.02. The summed E-state index contributed by atoms with van der Waals surface area (Å²) in [5, 5.41) is 22.5. The topological polar surface area (TPSA) is 422 Å². The minimum Gasteiger partial charge on any atom is -0.872 e. The predicted octanol–water partition coefficient (Wildman–Crippen LogP) is -12.4. The van der Waals surface area contributed by atoms with Crippen LogP contribution in [0.1, 0.15) is 11.1 Å². The first-order valence-electron chi connectivity index (χ1n) is 10.4. The molecule has 274 valence electrons. The van der Waals surface area contributed by atoms with E-state index in [1.54, 1.807) is 48.8 Å². The molecule has 0 aliphatic rings. The van der Waals surface area contributed by atoms with Gasteiger partial charge in [-0.05, 0) is 39.3 Å². The summed E-state index contributed by atoms with van der Waals surface area (Å²) in [5.41, 5.74) is 1.32. The second kappa shape index (κ2) is 36.9. The van der Waals surface area contributed by atoms with Crippen molar-refractivity contribution in [3.63, 3.8) is 0 Å². The van der Waals surface area contributed by atoms with E-state index >= 15 is 0 Å². The van der Waals surface area contributed by atoms with Crippen LogP contribution in [-0.4, -0.2) is 93.0 Å². The summed E-state index contributed by atoms with van der Waals surface area (Å²) in [6.45, 7) is 3.25. The first kappa shape index (κ1) is 65.9. The van der Waals surface area contributed by atoms with Crippen LogP contribution in [0.2, 0.25) is 0 Å². The summed E-state index contributed by atoms with van der Waals surface area (Å²) < 4.78 is 67.9. The maximum absolute atomic E-state index is 11.2. The van der Waals surface area contributed by atoms with E-state index in [9.17, 15) is 10.2 Å². The molecule has 0 aliphatic heterocycles. The Morgan fingerprint density at radius 1 is 0.556 bits per heavy atom. The molecular formula is C22H42Cl2Cu2N4O15+2. The maximum atomic E-state index is 11.2. The van der Waals surface area contributed by atoms with Crippen molar-refractivity contribution in [1.82, 2.24) is 9.80 Å². The summed E-state index contributed by atoms with van der Waals surface area (Å²) in [5.74, 6) is 0.0576. The number of hydrogen-bond acceptors (Lipinski definition) is 14. The van der Waals surface area contributed by atoms with E-state index in [0.29, 0.717) is 11.1 Å². The molecule has 0 bridgehead atoms. The molecule has 2 aromatic rings. The standard InChI is InChI=1S/2C11H16N2O.2ClHO4.2Cu.5H2O/c2*1-13(2)8-7-12-9-10-5-3-4-6-11(10)14;2*2-1(3,4)5;;;;;;;/h2*3-6,9,14H,7-8H2,1-2H3;2*(H,2,3,4,5);;;5*1H2/q;;;;2*+2;;;;;/p-2. The molecule has 12 N–H and O–H groups in total. The molecule has 2 rings (SSSR count). The molecule has 0 aliphatic carbocycles. The number of rotatable bonds is 8. The molecule has 2 radical (unpaired) electrons. The van der Waals surface area contributed by atoms with Gasteiger partial charge in [-0.2, -0.15) is 0 Å². The average molecular weight is 801 g/mol. The Hall–Kier alpha value is -1.60. The first-order valence-corrected chi connectivity index (χ1v) is 12.9. The molecule has 23 heteroatoms. The van der Waals surface area contributed by atoms with Gasteiger partial charge in [0, 0.05) is 25.5 Å². The Balaban J connectivity index is -0.0000000567. The number of hydrogen-bond donors (Lipinski definition) is 0. The van der Waals surface area contributed by atoms with Crippen molar-refractivity contribution >= 4 is 12.4 Å². The van der Waals surface area contributed by atoms with Crippen molar-refractivity contribution < 1.29 is 129 Å². The van der Waals surface area contributed by atoms with E-state index in [2.05, 4.69) is 19.8 Å². The molecule has 0 aromatic heterocycles. The fraction of sp³-hybridized carbons (Fsp3) is 0.364. The van der Waals surface area contributed by atoms with Gasteiger partial charge in [0.1, 0.15) is 0 Å². The Morgan fingerprint density at radius 3 is 0.978 bits per heavy atom. The molecule has 0 unspecified atom stereocenters. The van der Waals surface area contributed by atoms with Crippen LogP contribution in [0.25, 0.3) is 0 Å². The second-order valence-electron chi connectivity index (χ2n) is 7.51. The third-order valence-electron chi connectivity index (χ3n) is 3.65. The summed E-state index contributed by atoms with van der Waals surface area (Å²) in [7, 11) is -1.90. The van der Waals surface area contributed by atoms with Crippen LogP contribution < -0.4 is 47.5 Å². The molecule has 19 nitrogen and oxygen atoms in total. The summed E-state index contributed by atoms with van der Waals surface area (Å²) >= 11 is 0. The van der Waals surface area contributed by atoms with Gasteiger partial charge in [-0.1, -0.05) is 48.5 Å². The number of benzene rings is 2. The molecular weight excluding hydrogens is 758 g/mol. The Morgan fingerprint density at radius 2 is 0.778 bits per heavy atom. The fourth-order valence-electron chi connectivity index (χ4n) is 2.02. The van der Waals surface area contributed by atoms with Crippen molar-refractivity contribution in [3.05, 3.63) is 59.7 Å². The van der Waals surface area contributed by atoms with E-state index in [1.807, 2.05) is 40.3 Å². The number of para-hydroxylation sites is 2. The number of likely N-dealkylation sites (N-methyl/N-ethyl adjacent to an activating group) is 2. The minimum atomic E-state index is -4.94. The normalized spacial score (nSPS) is 9.73. The van der Waals surface area contributed by atoms with Crippen LogP contribution in [0.15, 0.2) is 58.5 Å². The zero-order valence-electron chi connectivity index (χ0n) is 24.5. The molecule has 0 atom stereocenters. The van der Waals surface area contributed by atoms with E-state index in [1.165, 1.54) is 0 Å². The van der Waals surface area contributed by atoms with Crippen LogP contribution >= 0.6 is 0 Å². The van der Waals surface area contributed by atoms with Gasteiger partial charge in [0.05, 0.1) is 13.1 Å². The molecule has 0 fully saturated rings. The van der Waals surface area contributed by atoms with Gasteiger partial charge in [0.15, 0.2) is 0 Å². The van der Waals surface area contributed by atoms with Crippen LogP contribution in [-0.2, 0) is 45.1 Å². The smallest absolute Gasteiger partial charge is 0.872 e. The van der Waals surface area contributed by atoms with E-state index in [-0.39, 0.29) is 73.0 Å². The van der Waals surface area contributed by atoms with Gasteiger partial charge >= 0.3 is 34.1 Å². The Bertz CT molecular complexity index is 870. The molecule has 0 saturated heterocycles. The van der Waals surface area contributed by atoms with E-state index < -0.39 is 20.5 Å². The van der Waals surface area contributed by atoms with Crippen molar-refractivity contribution in [2.75, 3.05) is 54.4 Å². The molecule has 0 saturated carbocycles. The van der Waals surface area contributed by atoms with Gasteiger partial charge in [0.2, 0.25) is 0 Å². The largest absolute Gasteiger partial charge is 2.00 e. The quantitative estimate of drug-likeness (QED) is 0.136. The van der Waals surface area contributed by atoms with E-state index in [0.717, 1.165) is 26.2 Å². The van der Waals surface area contributed by atoms with Gasteiger partial charge in [0.25, 0.3) is 0 Å². The molecule has 0 heterocycles. The SMILES string of the molecule is CN(C)CCN=Cc1ccccc1[O-].CN(C)CCN=Cc1ccccc1[O-].O.O.O.[Cu+2].[Cu+2].[O-][Cl+3]([O-])([O-])[O-].[O-][Cl+3]([O-])([O-])[O-].[OH3+].[OH3+]. The Kier molecular flexibility index (Phi) is 54.0. The van der Waals surface area contributed by atoms with Gasteiger partial charge < -0.3 is 47.4 Å². The maximum Gasteiger partial charge on any atom is 2.00 e. The third-order valence-corrected chi connectivity index (χ3v) is 3.65. The molecule has 45 heavy (non-hydrogen) atoms. The van der Waals surface area contributed by atoms with Crippen LogP contribution in [0.3, 0.4) is 0 Å². The van der Waals surface area contributed by atoms with Gasteiger partial charge in [-0.15, -0.1) is 32.0 Å². The van der Waals surface area contributed by atoms with Crippen LogP contribution in [0.5, 0.6) is 11.5 Å². The zero-order valence-corrected chi connectivity index (χ0v) is 27.9. The van der Waals surface area contributed by atoms with Gasteiger partial charge in [-0.25, -0.2) is 37.3 Å². The molecule has 0 amide bonds. The van der Waals surface area contributed by atoms with Crippen molar-refractivity contribution in [1.29, 1.82) is 0 Å². The number of aliphatic imine (C=N–C) groups is 2. The van der Waals surface area contributed by atoms with Crippen molar-refractivity contribution in [2.45, 2.75) is 0 Å². The Labute approximate surface area is 286 Å². The monoisotopic (exact) mass is 798 g/mol. The second-order valence-corrected chi connectivity index (χ2v) is 9.02. The van der Waals surface area contributed by atoms with Crippen LogP contribution in [0.4, 0.5) is 0 Å². The van der Waals surface area contributed by atoms with Crippen LogP contribution in [0, 0.1) is 20.5 Å².